The molecule has 0 aromatic heterocycles. The molecule has 50 heavy (non-hydrogen) atoms. The van der Waals surface area contributed by atoms with Gasteiger partial charge in [-0.1, -0.05) is 166 Å². The molecule has 1 saturated heterocycles. The highest BCUT2D eigenvalue weighted by Crippen LogP contribution is 2.35. The highest BCUT2D eigenvalue weighted by atomic mass is 16.7. The van der Waals surface area contributed by atoms with Crippen LogP contribution in [0.15, 0.2) is 48.6 Å². The van der Waals surface area contributed by atoms with Crippen molar-refractivity contribution in [1.82, 2.24) is 4.90 Å². The average molecular weight is 698 g/mol. The molecule has 3 heteroatoms. The SMILES string of the molecule is CCCCCC=CCC=CCCCCCCCCC1(CCCCCCCCC=CCC=CCCCCC)OC[C@H](CN(C)CCCCCC)O1. The Kier molecular flexibility index (Phi) is 33.9. The molecular weight excluding hydrogens is 611 g/mol. The molecule has 0 bridgehead atoms. The third-order valence-corrected chi connectivity index (χ3v) is 10.3. The molecule has 1 atom stereocenters. The third-order valence-electron chi connectivity index (χ3n) is 10.3. The van der Waals surface area contributed by atoms with Crippen LogP contribution in [-0.2, 0) is 9.47 Å². The van der Waals surface area contributed by atoms with Gasteiger partial charge in [-0.2, -0.15) is 0 Å². The van der Waals surface area contributed by atoms with Crippen LogP contribution in [0.4, 0.5) is 0 Å². The minimum Gasteiger partial charge on any atom is -0.347 e. The smallest absolute Gasteiger partial charge is 0.168 e. The van der Waals surface area contributed by atoms with Gasteiger partial charge in [-0.3, -0.25) is 0 Å². The van der Waals surface area contributed by atoms with E-state index < -0.39 is 0 Å². The van der Waals surface area contributed by atoms with Gasteiger partial charge in [0, 0.05) is 19.4 Å². The summed E-state index contributed by atoms with van der Waals surface area (Å²) in [6.45, 7) is 9.77. The first kappa shape index (κ1) is 46.9. The molecule has 0 aromatic rings. The van der Waals surface area contributed by atoms with E-state index in [0.29, 0.717) is 0 Å². The highest BCUT2D eigenvalue weighted by Gasteiger charge is 2.40. The normalized spacial score (nSPS) is 18.5. The van der Waals surface area contributed by atoms with Crippen LogP contribution in [0.25, 0.3) is 0 Å². The van der Waals surface area contributed by atoms with Crippen LogP contribution in [0.3, 0.4) is 0 Å². The van der Waals surface area contributed by atoms with Crippen molar-refractivity contribution in [2.24, 2.45) is 0 Å². The van der Waals surface area contributed by atoms with E-state index in [4.69, 9.17) is 9.47 Å². The Morgan fingerprint density at radius 3 is 1.32 bits per heavy atom. The summed E-state index contributed by atoms with van der Waals surface area (Å²) in [5.41, 5.74) is 0. The number of ether oxygens (including phenoxy) is 2. The number of rotatable bonds is 37. The molecule has 3 nitrogen and oxygen atoms in total. The van der Waals surface area contributed by atoms with Crippen LogP contribution in [0.2, 0.25) is 0 Å². The van der Waals surface area contributed by atoms with Gasteiger partial charge in [-0.15, -0.1) is 0 Å². The average Bonchev–Trinajstić information content (AvgIpc) is 3.51. The van der Waals surface area contributed by atoms with E-state index in [9.17, 15) is 0 Å². The van der Waals surface area contributed by atoms with Gasteiger partial charge in [0.2, 0.25) is 0 Å². The number of nitrogens with zero attached hydrogens (tertiary/aromatic N) is 1. The number of allylic oxidation sites excluding steroid dienone is 8. The maximum atomic E-state index is 6.81. The Hall–Kier alpha value is -1.16. The van der Waals surface area contributed by atoms with Gasteiger partial charge >= 0.3 is 0 Å². The lowest BCUT2D eigenvalue weighted by Gasteiger charge is -2.29. The van der Waals surface area contributed by atoms with Crippen LogP contribution in [0.5, 0.6) is 0 Å². The summed E-state index contributed by atoms with van der Waals surface area (Å²) in [5, 5.41) is 0. The third kappa shape index (κ3) is 29.4. The lowest BCUT2D eigenvalue weighted by Crippen LogP contribution is -2.35. The van der Waals surface area contributed by atoms with E-state index in [1.54, 1.807) is 0 Å². The number of hydrogen-bond acceptors (Lipinski definition) is 3. The van der Waals surface area contributed by atoms with Crippen molar-refractivity contribution < 1.29 is 9.47 Å². The molecule has 1 heterocycles. The van der Waals surface area contributed by atoms with E-state index in [0.717, 1.165) is 38.8 Å². The van der Waals surface area contributed by atoms with Crippen molar-refractivity contribution >= 4 is 0 Å². The van der Waals surface area contributed by atoms with Gasteiger partial charge < -0.3 is 14.4 Å². The molecule has 0 radical (unpaired) electrons. The van der Waals surface area contributed by atoms with Crippen LogP contribution in [0.1, 0.15) is 213 Å². The lowest BCUT2D eigenvalue weighted by molar-refractivity contribution is -0.180. The maximum Gasteiger partial charge on any atom is 0.168 e. The highest BCUT2D eigenvalue weighted by molar-refractivity contribution is 4.93. The number of hydrogen-bond donors (Lipinski definition) is 0. The summed E-state index contributed by atoms with van der Waals surface area (Å²) in [4.78, 5) is 2.47. The predicted octanol–water partition coefficient (Wildman–Crippen LogP) is 15.0. The van der Waals surface area contributed by atoms with Crippen molar-refractivity contribution in [2.75, 3.05) is 26.7 Å². The lowest BCUT2D eigenvalue weighted by atomic mass is 9.98. The molecule has 1 fully saturated rings. The molecule has 0 saturated carbocycles. The van der Waals surface area contributed by atoms with Crippen LogP contribution < -0.4 is 0 Å². The van der Waals surface area contributed by atoms with Gasteiger partial charge in [0.25, 0.3) is 0 Å². The molecule has 0 aromatic carbocycles. The largest absolute Gasteiger partial charge is 0.347 e. The first-order valence-corrected chi connectivity index (χ1v) is 22.3. The molecule has 0 spiro atoms. The monoisotopic (exact) mass is 698 g/mol. The topological polar surface area (TPSA) is 21.7 Å². The maximum absolute atomic E-state index is 6.81. The Morgan fingerprint density at radius 1 is 0.480 bits per heavy atom. The Labute approximate surface area is 314 Å². The van der Waals surface area contributed by atoms with Crippen molar-refractivity contribution in [1.29, 1.82) is 0 Å². The van der Waals surface area contributed by atoms with E-state index in [-0.39, 0.29) is 11.9 Å². The standard InChI is InChI=1S/C47H87NO2/c1-5-8-11-14-16-18-20-22-24-26-28-30-32-34-36-38-41-47(49-45-46(50-47)44-48(4)43-40-13-10-7-3)42-39-37-35-33-31-29-27-25-23-21-19-17-15-12-9-6-2/h16-19,22-25,46H,5-15,20-21,26-45H2,1-4H3/t46-,47?/m0/s1. The summed E-state index contributed by atoms with van der Waals surface area (Å²) >= 11 is 0. The molecular formula is C47H87NO2. The Morgan fingerprint density at radius 2 is 0.860 bits per heavy atom. The van der Waals surface area contributed by atoms with Crippen molar-refractivity contribution in [3.05, 3.63) is 48.6 Å². The fraction of sp³-hybridized carbons (Fsp3) is 0.830. The second kappa shape index (κ2) is 36.2. The Bertz CT molecular complexity index is 766. The minimum atomic E-state index is -0.335. The number of likely N-dealkylation sites (N-methyl/N-ethyl adjacent to an activating group) is 1. The van der Waals surface area contributed by atoms with Gasteiger partial charge in [0.05, 0.1) is 12.7 Å². The molecule has 0 N–H and O–H groups in total. The van der Waals surface area contributed by atoms with Gasteiger partial charge in [0.1, 0.15) is 0 Å². The first-order chi connectivity index (χ1) is 24.7. The van der Waals surface area contributed by atoms with Crippen molar-refractivity contribution in [3.8, 4) is 0 Å². The second-order valence-corrected chi connectivity index (χ2v) is 15.5. The summed E-state index contributed by atoms with van der Waals surface area (Å²) in [6, 6.07) is 0. The van der Waals surface area contributed by atoms with E-state index in [1.807, 2.05) is 0 Å². The van der Waals surface area contributed by atoms with Gasteiger partial charge in [-0.05, 0) is 97.1 Å². The van der Waals surface area contributed by atoms with Gasteiger partial charge in [-0.25, -0.2) is 0 Å². The summed E-state index contributed by atoms with van der Waals surface area (Å²) < 4.78 is 13.4. The summed E-state index contributed by atoms with van der Waals surface area (Å²) in [5.74, 6) is -0.335. The summed E-state index contributed by atoms with van der Waals surface area (Å²) in [7, 11) is 2.26. The molecule has 1 rings (SSSR count). The quantitative estimate of drug-likeness (QED) is 0.0476. The second-order valence-electron chi connectivity index (χ2n) is 15.5. The van der Waals surface area contributed by atoms with Crippen LogP contribution >= 0.6 is 0 Å². The van der Waals surface area contributed by atoms with Crippen molar-refractivity contribution in [3.63, 3.8) is 0 Å². The van der Waals surface area contributed by atoms with E-state index in [1.165, 1.54) is 173 Å². The van der Waals surface area contributed by atoms with E-state index in [2.05, 4.69) is 81.3 Å². The Balaban J connectivity index is 2.27. The van der Waals surface area contributed by atoms with Crippen molar-refractivity contribution in [2.45, 2.75) is 225 Å². The number of unbranched alkanes of at least 4 members (excludes halogenated alkanes) is 21. The molecule has 0 unspecified atom stereocenters. The zero-order valence-electron chi connectivity index (χ0n) is 34.3. The van der Waals surface area contributed by atoms with Crippen LogP contribution in [0, 0.1) is 0 Å². The first-order valence-electron chi connectivity index (χ1n) is 22.3. The minimum absolute atomic E-state index is 0.223. The molecule has 0 amide bonds. The van der Waals surface area contributed by atoms with Crippen LogP contribution in [-0.4, -0.2) is 43.5 Å². The zero-order chi connectivity index (χ0) is 36.1. The molecule has 292 valence electrons. The molecule has 1 aliphatic heterocycles. The predicted molar refractivity (Wildman–Crippen MR) is 223 cm³/mol. The van der Waals surface area contributed by atoms with E-state index >= 15 is 0 Å². The fourth-order valence-corrected chi connectivity index (χ4v) is 7.11. The van der Waals surface area contributed by atoms with Gasteiger partial charge in [0.15, 0.2) is 5.79 Å². The molecule has 0 aliphatic carbocycles. The fourth-order valence-electron chi connectivity index (χ4n) is 7.11. The molecule has 1 aliphatic rings. The zero-order valence-corrected chi connectivity index (χ0v) is 34.3. The summed E-state index contributed by atoms with van der Waals surface area (Å²) in [6.07, 6.45) is 57.5.